The zero-order valence-corrected chi connectivity index (χ0v) is 12.1. The highest BCUT2D eigenvalue weighted by molar-refractivity contribution is 5.62. The molecule has 0 spiro atoms. The van der Waals surface area contributed by atoms with Gasteiger partial charge in [-0.2, -0.15) is 5.26 Å². The first kappa shape index (κ1) is 13.7. The predicted molar refractivity (Wildman–Crippen MR) is 76.6 cm³/mol. The fourth-order valence-corrected chi connectivity index (χ4v) is 2.44. The first-order chi connectivity index (χ1) is 8.97. The summed E-state index contributed by atoms with van der Waals surface area (Å²) in [4.78, 5) is 4.64. The van der Waals surface area contributed by atoms with Crippen LogP contribution in [0.3, 0.4) is 0 Å². The monoisotopic (exact) mass is 259 g/mol. The topological polar surface area (TPSA) is 39.5 Å². The van der Waals surface area contributed by atoms with E-state index in [9.17, 15) is 5.26 Å². The van der Waals surface area contributed by atoms with Gasteiger partial charge in [0, 0.05) is 31.2 Å². The van der Waals surface area contributed by atoms with Crippen LogP contribution in [0, 0.1) is 11.3 Å². The number of nitrogens with zero attached hydrogens (tertiary/aromatic N) is 3. The molecule has 1 aliphatic heterocycles. The fraction of sp³-hybridized carbons (Fsp3) is 0.533. The Hall–Kier alpha value is -1.73. The van der Waals surface area contributed by atoms with Gasteiger partial charge in [-0.15, -0.1) is 0 Å². The van der Waals surface area contributed by atoms with Gasteiger partial charge in [0.25, 0.3) is 0 Å². The highest BCUT2D eigenvalue weighted by Gasteiger charge is 2.31. The van der Waals surface area contributed by atoms with E-state index in [4.69, 9.17) is 4.74 Å². The summed E-state index contributed by atoms with van der Waals surface area (Å²) in [6.45, 7) is 7.29. The quantitative estimate of drug-likeness (QED) is 0.815. The molecular weight excluding hydrogens is 238 g/mol. The second-order valence-corrected chi connectivity index (χ2v) is 5.65. The summed E-state index contributed by atoms with van der Waals surface area (Å²) in [5, 5.41) is 9.27. The number of methoxy groups -OCH3 is 1. The smallest absolute Gasteiger partial charge is 0.121 e. The SMILES string of the molecule is COc1ccc(C#N)c(N2CCN(C)C(C)(C)C2)c1. The minimum atomic E-state index is 0.105. The summed E-state index contributed by atoms with van der Waals surface area (Å²) in [6, 6.07) is 7.90. The standard InChI is InChI=1S/C15H21N3O/c1-15(2)11-18(8-7-17(15)3)14-9-13(19-4)6-5-12(14)10-16/h5-6,9H,7-8,11H2,1-4H3. The maximum atomic E-state index is 9.27. The molecule has 1 aromatic carbocycles. The van der Waals surface area contributed by atoms with Gasteiger partial charge in [-0.1, -0.05) is 0 Å². The molecule has 1 fully saturated rings. The molecule has 0 aromatic heterocycles. The largest absolute Gasteiger partial charge is 0.497 e. The minimum Gasteiger partial charge on any atom is -0.497 e. The molecule has 102 valence electrons. The average Bonchev–Trinajstić information content (AvgIpc) is 2.41. The van der Waals surface area contributed by atoms with E-state index in [0.29, 0.717) is 5.56 Å². The van der Waals surface area contributed by atoms with Gasteiger partial charge in [-0.05, 0) is 33.0 Å². The Morgan fingerprint density at radius 2 is 2.05 bits per heavy atom. The van der Waals surface area contributed by atoms with E-state index in [0.717, 1.165) is 31.1 Å². The number of ether oxygens (including phenoxy) is 1. The van der Waals surface area contributed by atoms with Crippen molar-refractivity contribution in [2.45, 2.75) is 19.4 Å². The average molecular weight is 259 g/mol. The van der Waals surface area contributed by atoms with Crippen LogP contribution in [-0.4, -0.2) is 44.2 Å². The van der Waals surface area contributed by atoms with Gasteiger partial charge in [0.2, 0.25) is 0 Å². The number of piperazine rings is 1. The Kier molecular flexibility index (Phi) is 3.68. The predicted octanol–water partition coefficient (Wildman–Crippen LogP) is 2.10. The van der Waals surface area contributed by atoms with Crippen molar-refractivity contribution in [1.82, 2.24) is 4.90 Å². The van der Waals surface area contributed by atoms with Crippen molar-refractivity contribution in [2.24, 2.45) is 0 Å². The molecule has 0 N–H and O–H groups in total. The van der Waals surface area contributed by atoms with Crippen molar-refractivity contribution in [3.63, 3.8) is 0 Å². The number of benzene rings is 1. The van der Waals surface area contributed by atoms with Crippen molar-refractivity contribution in [1.29, 1.82) is 5.26 Å². The number of likely N-dealkylation sites (N-methyl/N-ethyl adjacent to an activating group) is 1. The van der Waals surface area contributed by atoms with Crippen LogP contribution < -0.4 is 9.64 Å². The first-order valence-electron chi connectivity index (χ1n) is 6.52. The molecule has 19 heavy (non-hydrogen) atoms. The highest BCUT2D eigenvalue weighted by Crippen LogP contribution is 2.30. The second kappa shape index (κ2) is 5.10. The van der Waals surface area contributed by atoms with E-state index in [1.54, 1.807) is 7.11 Å². The number of hydrogen-bond acceptors (Lipinski definition) is 4. The first-order valence-corrected chi connectivity index (χ1v) is 6.52. The second-order valence-electron chi connectivity index (χ2n) is 5.65. The molecule has 0 aliphatic carbocycles. The number of nitriles is 1. The zero-order chi connectivity index (χ0) is 14.0. The van der Waals surface area contributed by atoms with Crippen molar-refractivity contribution in [3.05, 3.63) is 23.8 Å². The van der Waals surface area contributed by atoms with Gasteiger partial charge in [0.05, 0.1) is 18.4 Å². The lowest BCUT2D eigenvalue weighted by Crippen LogP contribution is -2.57. The molecule has 0 amide bonds. The lowest BCUT2D eigenvalue weighted by molar-refractivity contribution is 0.139. The van der Waals surface area contributed by atoms with E-state index < -0.39 is 0 Å². The van der Waals surface area contributed by atoms with Gasteiger partial charge < -0.3 is 9.64 Å². The molecule has 0 bridgehead atoms. The molecule has 4 nitrogen and oxygen atoms in total. The number of hydrogen-bond donors (Lipinski definition) is 0. The lowest BCUT2D eigenvalue weighted by Gasteiger charge is -2.46. The van der Waals surface area contributed by atoms with Crippen LogP contribution >= 0.6 is 0 Å². The van der Waals surface area contributed by atoms with Crippen LogP contribution in [0.5, 0.6) is 5.75 Å². The molecule has 0 atom stereocenters. The van der Waals surface area contributed by atoms with E-state index in [1.807, 2.05) is 18.2 Å². The van der Waals surface area contributed by atoms with Crippen LogP contribution in [0.25, 0.3) is 0 Å². The third kappa shape index (κ3) is 2.66. The molecule has 4 heteroatoms. The van der Waals surface area contributed by atoms with Gasteiger partial charge in [0.1, 0.15) is 11.8 Å². The van der Waals surface area contributed by atoms with Gasteiger partial charge in [-0.25, -0.2) is 0 Å². The van der Waals surface area contributed by atoms with Gasteiger partial charge >= 0.3 is 0 Å². The molecule has 0 saturated carbocycles. The number of anilines is 1. The van der Waals surface area contributed by atoms with E-state index in [-0.39, 0.29) is 5.54 Å². The van der Waals surface area contributed by atoms with Crippen LogP contribution in [-0.2, 0) is 0 Å². The maximum absolute atomic E-state index is 9.27. The maximum Gasteiger partial charge on any atom is 0.121 e. The third-order valence-corrected chi connectivity index (χ3v) is 3.98. The Balaban J connectivity index is 2.34. The summed E-state index contributed by atoms with van der Waals surface area (Å²) in [7, 11) is 3.80. The van der Waals surface area contributed by atoms with Gasteiger partial charge in [0.15, 0.2) is 0 Å². The lowest BCUT2D eigenvalue weighted by atomic mass is 9.98. The summed E-state index contributed by atoms with van der Waals surface area (Å²) in [5.74, 6) is 0.797. The highest BCUT2D eigenvalue weighted by atomic mass is 16.5. The Bertz CT molecular complexity index is 505. The molecule has 0 radical (unpaired) electrons. The summed E-state index contributed by atoms with van der Waals surface area (Å²) < 4.78 is 5.27. The minimum absolute atomic E-state index is 0.105. The van der Waals surface area contributed by atoms with Crippen LogP contribution in [0.4, 0.5) is 5.69 Å². The van der Waals surface area contributed by atoms with Crippen LogP contribution in [0.1, 0.15) is 19.4 Å². The molecule has 1 aliphatic rings. The third-order valence-electron chi connectivity index (χ3n) is 3.98. The molecular formula is C15H21N3O. The van der Waals surface area contributed by atoms with Crippen LogP contribution in [0.2, 0.25) is 0 Å². The van der Waals surface area contributed by atoms with Crippen molar-refractivity contribution < 1.29 is 4.74 Å². The van der Waals surface area contributed by atoms with E-state index in [1.165, 1.54) is 0 Å². The molecule has 1 saturated heterocycles. The molecule has 0 unspecified atom stereocenters. The Morgan fingerprint density at radius 3 is 2.63 bits per heavy atom. The Labute approximate surface area is 115 Å². The van der Waals surface area contributed by atoms with Crippen molar-refractivity contribution >= 4 is 5.69 Å². The summed E-state index contributed by atoms with van der Waals surface area (Å²) in [5.41, 5.74) is 1.79. The normalized spacial score (nSPS) is 19.0. The molecule has 1 heterocycles. The molecule has 1 aromatic rings. The fourth-order valence-electron chi connectivity index (χ4n) is 2.44. The van der Waals surface area contributed by atoms with Crippen LogP contribution in [0.15, 0.2) is 18.2 Å². The van der Waals surface area contributed by atoms with Crippen molar-refractivity contribution in [2.75, 3.05) is 38.7 Å². The summed E-state index contributed by atoms with van der Waals surface area (Å²) >= 11 is 0. The van der Waals surface area contributed by atoms with Gasteiger partial charge in [-0.3, -0.25) is 4.90 Å². The van der Waals surface area contributed by atoms with E-state index >= 15 is 0 Å². The van der Waals surface area contributed by atoms with E-state index in [2.05, 4.69) is 36.8 Å². The Morgan fingerprint density at radius 1 is 1.32 bits per heavy atom. The summed E-state index contributed by atoms with van der Waals surface area (Å²) in [6.07, 6.45) is 0. The van der Waals surface area contributed by atoms with Crippen molar-refractivity contribution in [3.8, 4) is 11.8 Å². The number of rotatable bonds is 2. The molecule has 2 rings (SSSR count). The zero-order valence-electron chi connectivity index (χ0n) is 12.1.